The number of methoxy groups -OCH3 is 1. The Morgan fingerprint density at radius 1 is 1.31 bits per heavy atom. The maximum Gasteiger partial charge on any atom is 0.433 e. The van der Waals surface area contributed by atoms with Gasteiger partial charge in [0.15, 0.2) is 6.04 Å². The average Bonchev–Trinajstić information content (AvgIpc) is 2.78. The first kappa shape index (κ1) is 27.1. The molecule has 0 bridgehead atoms. The summed E-state index contributed by atoms with van der Waals surface area (Å²) < 4.78 is 56.7. The van der Waals surface area contributed by atoms with Gasteiger partial charge < -0.3 is 24.8 Å². The molecular weight excluding hydrogens is 446 g/mol. The lowest BCUT2D eigenvalue weighted by molar-refractivity contribution is -0.142. The quantitative estimate of drug-likeness (QED) is 0.473. The van der Waals surface area contributed by atoms with E-state index in [9.17, 15) is 22.5 Å². The van der Waals surface area contributed by atoms with Crippen LogP contribution < -0.4 is 10.4 Å². The summed E-state index contributed by atoms with van der Waals surface area (Å²) in [6, 6.07) is 1.97. The summed E-state index contributed by atoms with van der Waals surface area (Å²) in [5.41, 5.74) is 1.21. The van der Waals surface area contributed by atoms with Gasteiger partial charge in [-0.25, -0.2) is 9.78 Å². The van der Waals surface area contributed by atoms with Gasteiger partial charge in [0.1, 0.15) is 11.8 Å². The number of aromatic nitrogens is 1. The normalized spacial score (nSPS) is 24.4. The molecule has 0 aromatic carbocycles. The van der Waals surface area contributed by atoms with E-state index in [0.717, 1.165) is 18.2 Å². The van der Waals surface area contributed by atoms with Gasteiger partial charge in [-0.15, -0.1) is 5.10 Å². The monoisotopic (exact) mass is 469 g/mol. The van der Waals surface area contributed by atoms with Crippen molar-refractivity contribution in [2.75, 3.05) is 13.7 Å². The predicted octanol–water partition coefficient (Wildman–Crippen LogP) is 1.44. The van der Waals surface area contributed by atoms with Crippen molar-refractivity contribution < 1.29 is 52.2 Å². The van der Waals surface area contributed by atoms with Crippen LogP contribution >= 0.6 is 0 Å². The van der Waals surface area contributed by atoms with Crippen LogP contribution in [0.25, 0.3) is 0 Å². The van der Waals surface area contributed by atoms with Crippen LogP contribution in [-0.4, -0.2) is 70.2 Å². The summed E-state index contributed by atoms with van der Waals surface area (Å²) in [6.45, 7) is 2.31. The number of carboxylic acid groups (broad SMARTS) is 1. The van der Waals surface area contributed by atoms with Gasteiger partial charge in [0, 0.05) is 23.3 Å². The van der Waals surface area contributed by atoms with Crippen LogP contribution in [0.2, 0.25) is 0 Å². The first-order valence-corrected chi connectivity index (χ1v) is 9.08. The average molecular weight is 469 g/mol. The van der Waals surface area contributed by atoms with E-state index in [0.29, 0.717) is 18.9 Å². The summed E-state index contributed by atoms with van der Waals surface area (Å²) in [5, 5.41) is 30.2. The van der Waals surface area contributed by atoms with Gasteiger partial charge in [-0.1, -0.05) is 6.07 Å². The third-order valence-corrected chi connectivity index (χ3v) is 3.98. The second kappa shape index (κ2) is 12.8. The van der Waals surface area contributed by atoms with E-state index in [-0.39, 0.29) is 6.10 Å². The Hall–Kier alpha value is -2.97. The highest BCUT2D eigenvalue weighted by atomic mass is 19.4. The fraction of sp³-hybridized carbons (Fsp3) is 0.500. The zero-order valence-corrected chi connectivity index (χ0v) is 17.0. The van der Waals surface area contributed by atoms with Crippen molar-refractivity contribution in [2.45, 2.75) is 43.9 Å². The number of hydrazone groups is 1. The standard InChI is InChI=1S/C6H3F4NO.C6H8N2O3.C6H12O3/c7-6(8,9)4-2-1-3-5(11-4)12-10;1-11-5-3-2-4(6(9)10)7-8-5;1-4-6(8)5(7)2-3-9-4/h1-3H;2-4,7H,1H3,(H,9,10);4-8H,2-3H2,1H3. The number of aliphatic hydroxyl groups excluding tert-OH is 2. The molecule has 1 saturated heterocycles. The molecule has 3 heterocycles. The summed E-state index contributed by atoms with van der Waals surface area (Å²) in [7, 11) is 1.46. The van der Waals surface area contributed by atoms with Crippen molar-refractivity contribution in [3.63, 3.8) is 0 Å². The Labute approximate surface area is 180 Å². The van der Waals surface area contributed by atoms with E-state index >= 15 is 0 Å². The van der Waals surface area contributed by atoms with Gasteiger partial charge in [0.05, 0.1) is 19.3 Å². The molecular formula is C18H23F4N3O7. The molecule has 3 rings (SSSR count). The Kier molecular flexibility index (Phi) is 10.8. The molecule has 0 aliphatic carbocycles. The van der Waals surface area contributed by atoms with Crippen LogP contribution in [0, 0.1) is 0 Å². The molecule has 1 aromatic rings. The number of nitrogens with one attached hydrogen (secondary N) is 1. The van der Waals surface area contributed by atoms with Crippen LogP contribution in [0.4, 0.5) is 17.7 Å². The topological polar surface area (TPSA) is 143 Å². The van der Waals surface area contributed by atoms with E-state index in [1.165, 1.54) is 19.3 Å². The number of ether oxygens (including phenoxy) is 2. The van der Waals surface area contributed by atoms with Gasteiger partial charge in [-0.2, -0.15) is 13.2 Å². The maximum absolute atomic E-state index is 11.9. The van der Waals surface area contributed by atoms with Crippen molar-refractivity contribution in [3.8, 4) is 5.88 Å². The first-order chi connectivity index (χ1) is 15.0. The SMILES string of the molecule is CC1OCCC(O)C1O.COC1=NNC(C(=O)O)C=C1.FOc1cccc(C(F)(F)F)n1. The molecule has 14 heteroatoms. The van der Waals surface area contributed by atoms with Crippen molar-refractivity contribution in [1.29, 1.82) is 0 Å². The third kappa shape index (κ3) is 9.03. The minimum absolute atomic E-state index is 0.214. The van der Waals surface area contributed by atoms with Crippen LogP contribution in [0.15, 0.2) is 35.5 Å². The van der Waals surface area contributed by atoms with Crippen LogP contribution in [-0.2, 0) is 20.4 Å². The zero-order chi connectivity index (χ0) is 24.3. The van der Waals surface area contributed by atoms with Gasteiger partial charge in [0.25, 0.3) is 5.88 Å². The van der Waals surface area contributed by atoms with E-state index in [1.54, 1.807) is 6.92 Å². The van der Waals surface area contributed by atoms with Gasteiger partial charge in [-0.05, 0) is 25.5 Å². The van der Waals surface area contributed by atoms with Crippen LogP contribution in [0.5, 0.6) is 5.88 Å². The van der Waals surface area contributed by atoms with Crippen molar-refractivity contribution in [1.82, 2.24) is 10.4 Å². The molecule has 2 aliphatic heterocycles. The molecule has 32 heavy (non-hydrogen) atoms. The number of nitrogens with zero attached hydrogens (tertiary/aromatic N) is 2. The van der Waals surface area contributed by atoms with Crippen molar-refractivity contribution >= 4 is 11.9 Å². The number of rotatable bonds is 2. The summed E-state index contributed by atoms with van der Waals surface area (Å²) in [6.07, 6.45) is -2.55. The van der Waals surface area contributed by atoms with Gasteiger partial charge in [0.2, 0.25) is 5.90 Å². The number of aliphatic carboxylic acids is 1. The van der Waals surface area contributed by atoms with E-state index in [1.807, 2.05) is 0 Å². The summed E-state index contributed by atoms with van der Waals surface area (Å²) in [5.74, 6) is -1.28. The van der Waals surface area contributed by atoms with Crippen LogP contribution in [0.3, 0.4) is 0 Å². The lowest BCUT2D eigenvalue weighted by Gasteiger charge is -2.29. The summed E-state index contributed by atoms with van der Waals surface area (Å²) in [4.78, 5) is 16.2. The zero-order valence-electron chi connectivity index (χ0n) is 17.0. The molecule has 0 spiro atoms. The minimum Gasteiger partial charge on any atom is -0.480 e. The molecule has 4 unspecified atom stereocenters. The van der Waals surface area contributed by atoms with Gasteiger partial charge in [-0.3, -0.25) is 10.4 Å². The second-order valence-corrected chi connectivity index (χ2v) is 6.32. The highest BCUT2D eigenvalue weighted by Crippen LogP contribution is 2.28. The largest absolute Gasteiger partial charge is 0.480 e. The fourth-order valence-corrected chi connectivity index (χ4v) is 2.22. The van der Waals surface area contributed by atoms with E-state index < -0.39 is 42.0 Å². The molecule has 0 amide bonds. The van der Waals surface area contributed by atoms with Gasteiger partial charge >= 0.3 is 12.1 Å². The minimum atomic E-state index is -4.57. The van der Waals surface area contributed by atoms with Crippen molar-refractivity contribution in [2.24, 2.45) is 5.10 Å². The predicted molar refractivity (Wildman–Crippen MR) is 101 cm³/mol. The van der Waals surface area contributed by atoms with E-state index in [2.05, 4.69) is 20.5 Å². The van der Waals surface area contributed by atoms with E-state index in [4.69, 9.17) is 24.8 Å². The maximum atomic E-state index is 11.9. The first-order valence-electron chi connectivity index (χ1n) is 9.08. The Bertz CT molecular complexity index is 782. The fourth-order valence-electron chi connectivity index (χ4n) is 2.22. The Morgan fingerprint density at radius 3 is 2.44 bits per heavy atom. The molecule has 1 aromatic heterocycles. The molecule has 0 saturated carbocycles. The van der Waals surface area contributed by atoms with Crippen molar-refractivity contribution in [3.05, 3.63) is 36.0 Å². The number of aliphatic hydroxyl groups is 2. The molecule has 2 aliphatic rings. The molecule has 1 fully saturated rings. The Morgan fingerprint density at radius 2 is 2.00 bits per heavy atom. The lowest BCUT2D eigenvalue weighted by Crippen LogP contribution is -2.42. The number of carbonyl (C=O) groups is 1. The van der Waals surface area contributed by atoms with Crippen LogP contribution in [0.1, 0.15) is 19.0 Å². The molecule has 10 nitrogen and oxygen atoms in total. The number of halogens is 4. The molecule has 4 N–H and O–H groups in total. The molecule has 180 valence electrons. The Balaban J connectivity index is 0.000000242. The third-order valence-electron chi connectivity index (χ3n) is 3.98. The molecule has 0 radical (unpaired) electrons. The number of hydrogen-bond donors (Lipinski definition) is 4. The lowest BCUT2D eigenvalue weighted by atomic mass is 10.0. The number of carboxylic acids is 1. The smallest absolute Gasteiger partial charge is 0.433 e. The highest BCUT2D eigenvalue weighted by Gasteiger charge is 2.32. The highest BCUT2D eigenvalue weighted by molar-refractivity contribution is 5.90. The number of hydrogen-bond acceptors (Lipinski definition) is 9. The number of pyridine rings is 1. The summed E-state index contributed by atoms with van der Waals surface area (Å²) >= 11 is 0. The molecule has 4 atom stereocenters. The second-order valence-electron chi connectivity index (χ2n) is 6.32. The number of alkyl halides is 3.